The predicted molar refractivity (Wildman–Crippen MR) is 153 cm³/mol. The monoisotopic (exact) mass is 533 g/mol. The Labute approximate surface area is 229 Å². The van der Waals surface area contributed by atoms with Gasteiger partial charge in [-0.1, -0.05) is 51.1 Å². The fourth-order valence-corrected chi connectivity index (χ4v) is 4.40. The summed E-state index contributed by atoms with van der Waals surface area (Å²) in [6.07, 6.45) is 5.00. The Balaban J connectivity index is 1.77. The fraction of sp³-hybridized carbons (Fsp3) is 0.419. The Hall–Kier alpha value is -3.94. The van der Waals surface area contributed by atoms with Crippen molar-refractivity contribution in [2.75, 3.05) is 14.1 Å². The van der Waals surface area contributed by atoms with Crippen LogP contribution in [0.3, 0.4) is 0 Å². The van der Waals surface area contributed by atoms with Crippen molar-refractivity contribution in [2.24, 2.45) is 5.92 Å². The van der Waals surface area contributed by atoms with E-state index in [1.54, 1.807) is 35.9 Å². The number of carbonyl (C=O) groups excluding carboxylic acids is 3. The van der Waals surface area contributed by atoms with Crippen LogP contribution in [0.25, 0.3) is 10.9 Å². The topological polar surface area (TPSA) is 101 Å². The number of amides is 1. The van der Waals surface area contributed by atoms with Crippen molar-refractivity contribution in [3.8, 4) is 0 Å². The molecule has 1 aromatic carbocycles. The van der Waals surface area contributed by atoms with Gasteiger partial charge < -0.3 is 19.2 Å². The van der Waals surface area contributed by atoms with Gasteiger partial charge in [-0.25, -0.2) is 4.79 Å². The predicted octanol–water partition coefficient (Wildman–Crippen LogP) is 5.07. The largest absolute Gasteiger partial charge is 0.438 e. The molecule has 0 unspecified atom stereocenters. The third kappa shape index (κ3) is 8.27. The number of hydrogen-bond donors (Lipinski definition) is 1. The van der Waals surface area contributed by atoms with E-state index < -0.39 is 12.2 Å². The summed E-state index contributed by atoms with van der Waals surface area (Å²) < 4.78 is 7.00. The van der Waals surface area contributed by atoms with Gasteiger partial charge in [-0.2, -0.15) is 0 Å². The summed E-state index contributed by atoms with van der Waals surface area (Å²) in [6.45, 7) is 6.48. The SMILES string of the molecule is CCC(=O)/C=C/CC[C@H](OC(=O)N(C)C)C(=O)Cc1cccn(Cc2cc3cccc(CC(C)C)c3[nH]2)c1=O. The van der Waals surface area contributed by atoms with Gasteiger partial charge in [-0.15, -0.1) is 0 Å². The number of benzene rings is 1. The molecule has 3 aromatic rings. The number of hydrogen-bond acceptors (Lipinski definition) is 5. The molecule has 0 saturated carbocycles. The number of aromatic amines is 1. The van der Waals surface area contributed by atoms with Crippen LogP contribution in [0, 0.1) is 5.92 Å². The molecular weight excluding hydrogens is 494 g/mol. The van der Waals surface area contributed by atoms with Crippen molar-refractivity contribution in [3.63, 3.8) is 0 Å². The molecule has 208 valence electrons. The molecule has 2 aromatic heterocycles. The third-order valence-electron chi connectivity index (χ3n) is 6.45. The number of nitrogens with zero attached hydrogens (tertiary/aromatic N) is 2. The molecule has 3 rings (SSSR count). The van der Waals surface area contributed by atoms with E-state index in [0.717, 1.165) is 23.0 Å². The van der Waals surface area contributed by atoms with Crippen molar-refractivity contribution in [1.82, 2.24) is 14.5 Å². The number of para-hydroxylation sites is 1. The Kier molecular flexibility index (Phi) is 10.4. The highest BCUT2D eigenvalue weighted by molar-refractivity contribution is 5.89. The number of H-pyrrole nitrogens is 1. The lowest BCUT2D eigenvalue weighted by Gasteiger charge is -2.19. The Bertz CT molecular complexity index is 1400. The van der Waals surface area contributed by atoms with E-state index in [1.165, 1.54) is 30.6 Å². The van der Waals surface area contributed by atoms with Gasteiger partial charge in [0.1, 0.15) is 0 Å². The second kappa shape index (κ2) is 13.7. The summed E-state index contributed by atoms with van der Waals surface area (Å²) in [4.78, 5) is 54.9. The molecule has 0 aliphatic carbocycles. The molecule has 0 saturated heterocycles. The smallest absolute Gasteiger partial charge is 0.409 e. The van der Waals surface area contributed by atoms with Gasteiger partial charge in [0, 0.05) is 49.9 Å². The van der Waals surface area contributed by atoms with Crippen molar-refractivity contribution in [2.45, 2.75) is 65.5 Å². The number of ketones is 2. The normalized spacial score (nSPS) is 12.3. The molecule has 0 aliphatic rings. The van der Waals surface area contributed by atoms with Gasteiger partial charge in [0.15, 0.2) is 17.7 Å². The quantitative estimate of drug-likeness (QED) is 0.309. The first-order valence-corrected chi connectivity index (χ1v) is 13.5. The molecular formula is C31H39N3O5. The van der Waals surface area contributed by atoms with Crippen LogP contribution in [-0.4, -0.2) is 52.3 Å². The first kappa shape index (κ1) is 29.6. The van der Waals surface area contributed by atoms with Gasteiger partial charge in [-0.05, 0) is 54.3 Å². The van der Waals surface area contributed by atoms with E-state index in [-0.39, 0.29) is 30.0 Å². The zero-order valence-electron chi connectivity index (χ0n) is 23.5. The van der Waals surface area contributed by atoms with Crippen LogP contribution in [0.2, 0.25) is 0 Å². The van der Waals surface area contributed by atoms with E-state index in [2.05, 4.69) is 37.0 Å². The number of pyridine rings is 1. The second-order valence-corrected chi connectivity index (χ2v) is 10.4. The lowest BCUT2D eigenvalue weighted by Crippen LogP contribution is -2.35. The number of ether oxygens (including phenoxy) is 1. The minimum absolute atomic E-state index is 0.0147. The third-order valence-corrected chi connectivity index (χ3v) is 6.45. The average molecular weight is 534 g/mol. The molecule has 1 amide bonds. The molecule has 2 heterocycles. The van der Waals surface area contributed by atoms with Gasteiger partial charge in [0.25, 0.3) is 5.56 Å². The molecule has 0 spiro atoms. The number of aromatic nitrogens is 2. The first-order chi connectivity index (χ1) is 18.6. The number of nitrogens with one attached hydrogen (secondary N) is 1. The minimum atomic E-state index is -1.03. The maximum Gasteiger partial charge on any atom is 0.409 e. The molecule has 0 aliphatic heterocycles. The van der Waals surface area contributed by atoms with Crippen LogP contribution in [0.1, 0.15) is 56.9 Å². The maximum atomic E-state index is 13.3. The van der Waals surface area contributed by atoms with Gasteiger partial charge in [0.2, 0.25) is 0 Å². The highest BCUT2D eigenvalue weighted by Gasteiger charge is 2.24. The number of allylic oxidation sites excluding steroid dienone is 2. The molecule has 39 heavy (non-hydrogen) atoms. The van der Waals surface area contributed by atoms with Crippen molar-refractivity contribution in [1.29, 1.82) is 0 Å². The standard InChI is InChI=1S/C31H39N3O5/c1-6-26(35)14-7-8-15-28(39-31(38)33(4)5)27(36)19-24-13-10-16-34(30(24)37)20-25-18-23-12-9-11-22(17-21(2)3)29(23)32-25/h7,9-14,16,18,21,28,32H,6,8,15,17,19-20H2,1-5H3/b14-7+/t28-/m0/s1. The van der Waals surface area contributed by atoms with Crippen molar-refractivity contribution < 1.29 is 19.1 Å². The summed E-state index contributed by atoms with van der Waals surface area (Å²) in [5.41, 5.74) is 3.30. The van der Waals surface area contributed by atoms with Crippen LogP contribution < -0.4 is 5.56 Å². The van der Waals surface area contributed by atoms with E-state index in [9.17, 15) is 19.2 Å². The van der Waals surface area contributed by atoms with Crippen molar-refractivity contribution >= 4 is 28.6 Å². The summed E-state index contributed by atoms with van der Waals surface area (Å²) in [7, 11) is 3.07. The van der Waals surface area contributed by atoms with E-state index in [0.29, 0.717) is 30.9 Å². The van der Waals surface area contributed by atoms with Crippen LogP contribution in [-0.2, 0) is 33.7 Å². The van der Waals surface area contributed by atoms with Crippen LogP contribution >= 0.6 is 0 Å². The van der Waals surface area contributed by atoms with Crippen LogP contribution in [0.4, 0.5) is 4.79 Å². The molecule has 8 heteroatoms. The number of rotatable bonds is 13. The highest BCUT2D eigenvalue weighted by Crippen LogP contribution is 2.22. The van der Waals surface area contributed by atoms with Crippen LogP contribution in [0.15, 0.2) is 59.5 Å². The summed E-state index contributed by atoms with van der Waals surface area (Å²) in [5.74, 6) is 0.146. The Morgan fingerprint density at radius 2 is 1.85 bits per heavy atom. The Morgan fingerprint density at radius 1 is 1.10 bits per heavy atom. The van der Waals surface area contributed by atoms with E-state index in [4.69, 9.17) is 4.74 Å². The minimum Gasteiger partial charge on any atom is -0.438 e. The average Bonchev–Trinajstić information content (AvgIpc) is 3.31. The lowest BCUT2D eigenvalue weighted by molar-refractivity contribution is -0.127. The second-order valence-electron chi connectivity index (χ2n) is 10.4. The fourth-order valence-electron chi connectivity index (χ4n) is 4.40. The number of Topliss-reactive ketones (excluding diaryl/α,β-unsaturated/α-hetero) is 1. The molecule has 0 radical (unpaired) electrons. The van der Waals surface area contributed by atoms with E-state index >= 15 is 0 Å². The first-order valence-electron chi connectivity index (χ1n) is 13.5. The number of fused-ring (bicyclic) bond motifs is 1. The van der Waals surface area contributed by atoms with Gasteiger partial charge in [0.05, 0.1) is 6.54 Å². The Morgan fingerprint density at radius 3 is 2.54 bits per heavy atom. The molecule has 1 atom stereocenters. The molecule has 8 nitrogen and oxygen atoms in total. The molecule has 0 bridgehead atoms. The van der Waals surface area contributed by atoms with E-state index in [1.807, 2.05) is 6.07 Å². The lowest BCUT2D eigenvalue weighted by atomic mass is 10.0. The summed E-state index contributed by atoms with van der Waals surface area (Å²) in [6, 6.07) is 11.7. The van der Waals surface area contributed by atoms with Gasteiger partial charge >= 0.3 is 6.09 Å². The van der Waals surface area contributed by atoms with Crippen molar-refractivity contribution in [3.05, 3.63) is 81.9 Å². The summed E-state index contributed by atoms with van der Waals surface area (Å²) in [5, 5.41) is 1.10. The number of carbonyl (C=O) groups is 3. The highest BCUT2D eigenvalue weighted by atomic mass is 16.6. The van der Waals surface area contributed by atoms with Crippen LogP contribution in [0.5, 0.6) is 0 Å². The van der Waals surface area contributed by atoms with Gasteiger partial charge in [-0.3, -0.25) is 14.4 Å². The zero-order valence-corrected chi connectivity index (χ0v) is 23.5. The molecule has 1 N–H and O–H groups in total. The summed E-state index contributed by atoms with van der Waals surface area (Å²) >= 11 is 0. The molecule has 0 fully saturated rings. The maximum absolute atomic E-state index is 13.3. The zero-order chi connectivity index (χ0) is 28.5.